The molecule has 154 valence electrons. The number of amides is 1. The number of para-hydroxylation sites is 1. The van der Waals surface area contributed by atoms with Crippen LogP contribution in [0.15, 0.2) is 59.5 Å². The van der Waals surface area contributed by atoms with Gasteiger partial charge in [0.1, 0.15) is 5.75 Å². The Morgan fingerprint density at radius 2 is 1.83 bits per heavy atom. The fourth-order valence-corrected chi connectivity index (χ4v) is 4.20. The van der Waals surface area contributed by atoms with Gasteiger partial charge in [-0.2, -0.15) is 0 Å². The van der Waals surface area contributed by atoms with Gasteiger partial charge >= 0.3 is 6.09 Å². The summed E-state index contributed by atoms with van der Waals surface area (Å²) in [6.07, 6.45) is 0.828. The van der Waals surface area contributed by atoms with Crippen LogP contribution in [0.1, 0.15) is 12.8 Å². The minimum Gasteiger partial charge on any atom is -0.410 e. The molecule has 0 aliphatic carbocycles. The van der Waals surface area contributed by atoms with Crippen molar-refractivity contribution in [3.8, 4) is 5.75 Å². The predicted octanol–water partition coefficient (Wildman–Crippen LogP) is 2.78. The van der Waals surface area contributed by atoms with Crippen molar-refractivity contribution in [2.45, 2.75) is 17.7 Å². The average molecular weight is 419 g/mol. The van der Waals surface area contributed by atoms with Crippen molar-refractivity contribution in [3.05, 3.63) is 64.7 Å². The van der Waals surface area contributed by atoms with Crippen molar-refractivity contribution in [3.63, 3.8) is 0 Å². The molecule has 0 saturated carbocycles. The average Bonchev–Trinajstić information content (AvgIpc) is 2.73. The Morgan fingerprint density at radius 1 is 1.14 bits per heavy atom. The molecule has 0 spiro atoms. The summed E-state index contributed by atoms with van der Waals surface area (Å²) >= 11 is 0. The minimum atomic E-state index is -3.85. The fourth-order valence-electron chi connectivity index (χ4n) is 3.05. The second-order valence-corrected chi connectivity index (χ2v) is 8.48. The molecule has 1 aliphatic heterocycles. The predicted molar refractivity (Wildman–Crippen MR) is 105 cm³/mol. The van der Waals surface area contributed by atoms with Crippen LogP contribution in [0.25, 0.3) is 0 Å². The summed E-state index contributed by atoms with van der Waals surface area (Å²) in [5.41, 5.74) is -0.280. The van der Waals surface area contributed by atoms with Crippen LogP contribution in [0, 0.1) is 16.0 Å². The Morgan fingerprint density at radius 3 is 2.48 bits per heavy atom. The topological polar surface area (TPSA) is 119 Å². The lowest BCUT2D eigenvalue weighted by Gasteiger charge is -2.31. The number of nitro benzene ring substituents is 1. The summed E-state index contributed by atoms with van der Waals surface area (Å²) in [5.74, 6) is 0.536. The van der Waals surface area contributed by atoms with Gasteiger partial charge < -0.3 is 9.64 Å². The lowest BCUT2D eigenvalue weighted by molar-refractivity contribution is -0.385. The molecule has 2 aromatic carbocycles. The Bertz CT molecular complexity index is 972. The molecule has 1 amide bonds. The van der Waals surface area contributed by atoms with Crippen LogP contribution in [-0.2, 0) is 10.0 Å². The maximum atomic E-state index is 12.4. The van der Waals surface area contributed by atoms with Crippen LogP contribution in [0.3, 0.4) is 0 Å². The lowest BCUT2D eigenvalue weighted by Crippen LogP contribution is -2.42. The van der Waals surface area contributed by atoms with Gasteiger partial charge in [-0.25, -0.2) is 17.9 Å². The highest BCUT2D eigenvalue weighted by molar-refractivity contribution is 7.89. The molecular formula is C19H21N3O6S. The molecule has 0 aromatic heterocycles. The number of piperidine rings is 1. The first-order valence-electron chi connectivity index (χ1n) is 9.11. The van der Waals surface area contributed by atoms with Crippen molar-refractivity contribution < 1.29 is 22.9 Å². The van der Waals surface area contributed by atoms with E-state index in [1.807, 2.05) is 6.07 Å². The normalized spacial score (nSPS) is 15.1. The summed E-state index contributed by atoms with van der Waals surface area (Å²) in [6.45, 7) is 1.14. The number of hydrogen-bond acceptors (Lipinski definition) is 6. The van der Waals surface area contributed by atoms with Gasteiger partial charge in [-0.3, -0.25) is 10.1 Å². The molecule has 3 rings (SSSR count). The van der Waals surface area contributed by atoms with Gasteiger partial charge in [0.2, 0.25) is 10.0 Å². The maximum Gasteiger partial charge on any atom is 0.415 e. The standard InChI is InChI=1S/C19H21N3O6S/c23-19(28-17-6-2-1-3-7-17)21-11-9-15(10-12-21)14-20-29(26,27)18-8-4-5-16(13-18)22(24)25/h1-8,13,15,20H,9-12,14H2. The Balaban J connectivity index is 1.50. The summed E-state index contributed by atoms with van der Waals surface area (Å²) in [5, 5.41) is 10.8. The third-order valence-corrected chi connectivity index (χ3v) is 6.14. The lowest BCUT2D eigenvalue weighted by atomic mass is 9.97. The van der Waals surface area contributed by atoms with Gasteiger partial charge in [-0.1, -0.05) is 24.3 Å². The zero-order valence-electron chi connectivity index (χ0n) is 15.6. The third-order valence-electron chi connectivity index (χ3n) is 4.72. The summed E-state index contributed by atoms with van der Waals surface area (Å²) in [7, 11) is -3.85. The number of likely N-dealkylation sites (tertiary alicyclic amines) is 1. The second-order valence-electron chi connectivity index (χ2n) is 6.72. The molecule has 10 heteroatoms. The highest BCUT2D eigenvalue weighted by atomic mass is 32.2. The third kappa shape index (κ3) is 5.52. The highest BCUT2D eigenvalue weighted by Crippen LogP contribution is 2.21. The number of nitrogens with zero attached hydrogens (tertiary/aromatic N) is 2. The number of hydrogen-bond donors (Lipinski definition) is 1. The van der Waals surface area contributed by atoms with E-state index in [1.54, 1.807) is 29.2 Å². The molecule has 1 saturated heterocycles. The van der Waals surface area contributed by atoms with Crippen LogP contribution in [0.5, 0.6) is 5.75 Å². The molecule has 1 N–H and O–H groups in total. The summed E-state index contributed by atoms with van der Waals surface area (Å²) in [6, 6.07) is 13.7. The highest BCUT2D eigenvalue weighted by Gasteiger charge is 2.26. The van der Waals surface area contributed by atoms with Crippen LogP contribution >= 0.6 is 0 Å². The SMILES string of the molecule is O=C(Oc1ccccc1)N1CCC(CNS(=O)(=O)c2cccc([N+](=O)[O-])c2)CC1. The van der Waals surface area contributed by atoms with E-state index in [0.29, 0.717) is 31.7 Å². The minimum absolute atomic E-state index is 0.0595. The molecule has 0 bridgehead atoms. The number of ether oxygens (including phenoxy) is 1. The van der Waals surface area contributed by atoms with Gasteiger partial charge in [0.25, 0.3) is 5.69 Å². The zero-order chi connectivity index (χ0) is 20.9. The second kappa shape index (κ2) is 9.01. The number of non-ortho nitro benzene ring substituents is 1. The quantitative estimate of drug-likeness (QED) is 0.568. The van der Waals surface area contributed by atoms with E-state index in [1.165, 1.54) is 18.2 Å². The largest absolute Gasteiger partial charge is 0.415 e. The van der Waals surface area contributed by atoms with Crippen molar-refractivity contribution in [1.82, 2.24) is 9.62 Å². The van der Waals surface area contributed by atoms with Crippen molar-refractivity contribution in [2.75, 3.05) is 19.6 Å². The molecule has 1 aliphatic rings. The van der Waals surface area contributed by atoms with E-state index in [-0.39, 0.29) is 23.0 Å². The van der Waals surface area contributed by atoms with Crippen LogP contribution < -0.4 is 9.46 Å². The van der Waals surface area contributed by atoms with Gasteiger partial charge in [0.15, 0.2) is 0 Å². The monoisotopic (exact) mass is 419 g/mol. The van der Waals surface area contributed by atoms with Crippen molar-refractivity contribution >= 4 is 21.8 Å². The van der Waals surface area contributed by atoms with Gasteiger partial charge in [-0.05, 0) is 37.0 Å². The van der Waals surface area contributed by atoms with Gasteiger partial charge in [0.05, 0.1) is 9.82 Å². The van der Waals surface area contributed by atoms with Crippen LogP contribution in [0.4, 0.5) is 10.5 Å². The molecule has 1 fully saturated rings. The zero-order valence-corrected chi connectivity index (χ0v) is 16.4. The van der Waals surface area contributed by atoms with E-state index in [0.717, 1.165) is 6.07 Å². The first kappa shape index (κ1) is 20.7. The number of benzene rings is 2. The van der Waals surface area contributed by atoms with E-state index < -0.39 is 21.0 Å². The Hall–Kier alpha value is -2.98. The molecule has 0 unspecified atom stereocenters. The molecule has 1 heterocycles. The molecule has 0 radical (unpaired) electrons. The van der Waals surface area contributed by atoms with Gasteiger partial charge in [0, 0.05) is 31.8 Å². The number of nitrogens with one attached hydrogen (secondary N) is 1. The fraction of sp³-hybridized carbons (Fsp3) is 0.316. The first-order valence-corrected chi connectivity index (χ1v) is 10.6. The Labute approximate surface area is 168 Å². The van der Waals surface area contributed by atoms with Crippen molar-refractivity contribution in [1.29, 1.82) is 0 Å². The maximum absolute atomic E-state index is 12.4. The van der Waals surface area contributed by atoms with Crippen molar-refractivity contribution in [2.24, 2.45) is 5.92 Å². The number of carbonyl (C=O) groups is 1. The number of rotatable bonds is 6. The van der Waals surface area contributed by atoms with Crippen LogP contribution in [-0.4, -0.2) is 44.0 Å². The number of carbonyl (C=O) groups excluding carboxylic acids is 1. The van der Waals surface area contributed by atoms with E-state index >= 15 is 0 Å². The summed E-state index contributed by atoms with van der Waals surface area (Å²) in [4.78, 5) is 23.9. The number of sulfonamides is 1. The van der Waals surface area contributed by atoms with E-state index in [4.69, 9.17) is 4.74 Å². The van der Waals surface area contributed by atoms with Gasteiger partial charge in [-0.15, -0.1) is 0 Å². The molecule has 0 atom stereocenters. The molecule has 2 aromatic rings. The smallest absolute Gasteiger partial charge is 0.410 e. The number of nitro groups is 1. The molecular weight excluding hydrogens is 398 g/mol. The molecule has 29 heavy (non-hydrogen) atoms. The summed E-state index contributed by atoms with van der Waals surface area (Å²) < 4.78 is 32.6. The first-order chi connectivity index (χ1) is 13.8. The van der Waals surface area contributed by atoms with Crippen LogP contribution in [0.2, 0.25) is 0 Å². The van der Waals surface area contributed by atoms with E-state index in [2.05, 4.69) is 4.72 Å². The van der Waals surface area contributed by atoms with E-state index in [9.17, 15) is 23.3 Å². The Kier molecular flexibility index (Phi) is 6.45. The molecule has 9 nitrogen and oxygen atoms in total.